The summed E-state index contributed by atoms with van der Waals surface area (Å²) in [4.78, 5) is 28.8. The van der Waals surface area contributed by atoms with E-state index in [1.807, 2.05) is 77.9 Å². The summed E-state index contributed by atoms with van der Waals surface area (Å²) in [7, 11) is -4.10. The van der Waals surface area contributed by atoms with Crippen LogP contribution in [0.5, 0.6) is 0 Å². The number of anilines is 1. The summed E-state index contributed by atoms with van der Waals surface area (Å²) in [5.41, 5.74) is 4.99. The molecule has 0 aliphatic carbocycles. The summed E-state index contributed by atoms with van der Waals surface area (Å²) in [6.45, 7) is 12.9. The third kappa shape index (κ3) is 7.50. The lowest BCUT2D eigenvalue weighted by Crippen LogP contribution is -2.52. The number of aryl methyl sites for hydroxylation is 4. The number of amides is 2. The molecule has 0 aliphatic rings. The predicted molar refractivity (Wildman–Crippen MR) is 161 cm³/mol. The molecule has 8 heteroatoms. The Bertz CT molecular complexity index is 1430. The van der Waals surface area contributed by atoms with Crippen LogP contribution in [-0.2, 0) is 26.2 Å². The average Bonchev–Trinajstić information content (AvgIpc) is 2.91. The fourth-order valence-electron chi connectivity index (χ4n) is 4.37. The quantitative estimate of drug-likeness (QED) is 0.336. The van der Waals surface area contributed by atoms with Crippen molar-refractivity contribution >= 4 is 27.5 Å². The van der Waals surface area contributed by atoms with Gasteiger partial charge in [-0.05, 0) is 77.3 Å². The van der Waals surface area contributed by atoms with Crippen molar-refractivity contribution in [2.75, 3.05) is 10.8 Å². The van der Waals surface area contributed by atoms with Crippen molar-refractivity contribution in [3.63, 3.8) is 0 Å². The molecule has 0 bridgehead atoms. The molecule has 0 radical (unpaired) electrons. The van der Waals surface area contributed by atoms with Gasteiger partial charge in [0.1, 0.15) is 12.6 Å². The van der Waals surface area contributed by atoms with Crippen LogP contribution in [0.2, 0.25) is 0 Å². The molecule has 3 rings (SSSR count). The van der Waals surface area contributed by atoms with Gasteiger partial charge in [-0.1, -0.05) is 72.1 Å². The predicted octanol–water partition coefficient (Wildman–Crippen LogP) is 5.45. The fourth-order valence-corrected chi connectivity index (χ4v) is 5.85. The highest BCUT2D eigenvalue weighted by Gasteiger charge is 2.33. The van der Waals surface area contributed by atoms with E-state index in [0.717, 1.165) is 38.5 Å². The van der Waals surface area contributed by atoms with Crippen LogP contribution >= 0.6 is 0 Å². The molecular weight excluding hydrogens is 522 g/mol. The SMILES string of the molecule is CC[C@H](C)NC(=O)[C@@H](C)N(Cc1ccc(C)cc1)C(=O)CN(c1ccc(C)cc1C)S(=O)(=O)c1ccc(C)cc1. The first kappa shape index (κ1) is 30.9. The van der Waals surface area contributed by atoms with Crippen LogP contribution in [-0.4, -0.2) is 43.8 Å². The molecule has 3 aromatic carbocycles. The van der Waals surface area contributed by atoms with Crippen LogP contribution in [0.15, 0.2) is 71.6 Å². The van der Waals surface area contributed by atoms with Gasteiger partial charge in [-0.3, -0.25) is 13.9 Å². The summed E-state index contributed by atoms with van der Waals surface area (Å²) in [6.07, 6.45) is 0.750. The fraction of sp³-hybridized carbons (Fsp3) is 0.375. The molecule has 0 heterocycles. The first-order valence-corrected chi connectivity index (χ1v) is 15.1. The van der Waals surface area contributed by atoms with Gasteiger partial charge in [0.2, 0.25) is 11.8 Å². The summed E-state index contributed by atoms with van der Waals surface area (Å²) < 4.78 is 29.2. The van der Waals surface area contributed by atoms with E-state index in [-0.39, 0.29) is 23.4 Å². The zero-order valence-corrected chi connectivity index (χ0v) is 25.4. The maximum absolute atomic E-state index is 14.0. The summed E-state index contributed by atoms with van der Waals surface area (Å²) in [6, 6.07) is 18.9. The lowest BCUT2D eigenvalue weighted by molar-refractivity contribution is -0.139. The molecule has 40 heavy (non-hydrogen) atoms. The molecule has 1 N–H and O–H groups in total. The second-order valence-electron chi connectivity index (χ2n) is 10.6. The first-order chi connectivity index (χ1) is 18.8. The van der Waals surface area contributed by atoms with Crippen LogP contribution in [0.3, 0.4) is 0 Å². The highest BCUT2D eigenvalue weighted by atomic mass is 32.2. The van der Waals surface area contributed by atoms with Crippen molar-refractivity contribution in [2.45, 2.75) is 78.4 Å². The third-order valence-corrected chi connectivity index (χ3v) is 8.92. The number of hydrogen-bond donors (Lipinski definition) is 1. The highest BCUT2D eigenvalue weighted by molar-refractivity contribution is 7.92. The number of rotatable bonds is 11. The van der Waals surface area contributed by atoms with Crippen LogP contribution in [0.4, 0.5) is 5.69 Å². The second kappa shape index (κ2) is 13.1. The van der Waals surface area contributed by atoms with E-state index in [4.69, 9.17) is 0 Å². The smallest absolute Gasteiger partial charge is 0.264 e. The van der Waals surface area contributed by atoms with Gasteiger partial charge in [-0.25, -0.2) is 8.42 Å². The van der Waals surface area contributed by atoms with Crippen LogP contribution in [0.25, 0.3) is 0 Å². The van der Waals surface area contributed by atoms with Gasteiger partial charge in [0, 0.05) is 12.6 Å². The number of carbonyl (C=O) groups excluding carboxylic acids is 2. The molecule has 3 aromatic rings. The average molecular weight is 564 g/mol. The lowest BCUT2D eigenvalue weighted by Gasteiger charge is -2.33. The van der Waals surface area contributed by atoms with E-state index in [9.17, 15) is 18.0 Å². The van der Waals surface area contributed by atoms with Crippen molar-refractivity contribution in [1.29, 1.82) is 0 Å². The Balaban J connectivity index is 2.05. The number of nitrogens with zero attached hydrogens (tertiary/aromatic N) is 2. The van der Waals surface area contributed by atoms with Crippen molar-refractivity contribution in [3.05, 3.63) is 94.5 Å². The van der Waals surface area contributed by atoms with Crippen molar-refractivity contribution in [2.24, 2.45) is 0 Å². The standard InChI is InChI=1S/C32H41N3O4S/c1-8-26(6)33-32(37)27(7)34(20-28-14-9-22(2)10-15-28)31(36)21-35(30-18-13-24(4)19-25(30)5)40(38,39)29-16-11-23(3)12-17-29/h9-19,26-27H,8,20-21H2,1-7H3,(H,33,37)/t26-,27+/m0/s1. The molecule has 0 aliphatic heterocycles. The van der Waals surface area contributed by atoms with Crippen LogP contribution in [0.1, 0.15) is 55.0 Å². The zero-order chi connectivity index (χ0) is 29.6. The zero-order valence-electron chi connectivity index (χ0n) is 24.6. The van der Waals surface area contributed by atoms with Gasteiger partial charge >= 0.3 is 0 Å². The van der Waals surface area contributed by atoms with E-state index in [1.165, 1.54) is 4.90 Å². The van der Waals surface area contributed by atoms with Crippen molar-refractivity contribution < 1.29 is 18.0 Å². The largest absolute Gasteiger partial charge is 0.352 e. The van der Waals surface area contributed by atoms with Gasteiger partial charge in [-0.2, -0.15) is 0 Å². The molecule has 214 valence electrons. The minimum Gasteiger partial charge on any atom is -0.352 e. The van der Waals surface area contributed by atoms with Crippen molar-refractivity contribution in [1.82, 2.24) is 10.2 Å². The molecule has 0 aromatic heterocycles. The Hall–Kier alpha value is -3.65. The molecule has 0 saturated carbocycles. The second-order valence-corrected chi connectivity index (χ2v) is 12.5. The minimum atomic E-state index is -4.10. The Labute approximate surface area is 239 Å². The van der Waals surface area contributed by atoms with Gasteiger partial charge in [-0.15, -0.1) is 0 Å². The van der Waals surface area contributed by atoms with Gasteiger partial charge in [0.25, 0.3) is 10.0 Å². The van der Waals surface area contributed by atoms with Gasteiger partial charge in [0.05, 0.1) is 10.6 Å². The lowest BCUT2D eigenvalue weighted by atomic mass is 10.1. The van der Waals surface area contributed by atoms with Crippen molar-refractivity contribution in [3.8, 4) is 0 Å². The number of benzene rings is 3. The first-order valence-electron chi connectivity index (χ1n) is 13.7. The maximum atomic E-state index is 14.0. The topological polar surface area (TPSA) is 86.8 Å². The minimum absolute atomic E-state index is 0.0556. The van der Waals surface area contributed by atoms with E-state index < -0.39 is 28.5 Å². The normalized spacial score (nSPS) is 12.9. The summed E-state index contributed by atoms with van der Waals surface area (Å²) in [5, 5.41) is 2.96. The number of nitrogens with one attached hydrogen (secondary N) is 1. The van der Waals surface area contributed by atoms with Gasteiger partial charge < -0.3 is 10.2 Å². The van der Waals surface area contributed by atoms with Crippen LogP contribution < -0.4 is 9.62 Å². The van der Waals surface area contributed by atoms with E-state index in [1.54, 1.807) is 37.3 Å². The molecule has 0 unspecified atom stereocenters. The number of hydrogen-bond acceptors (Lipinski definition) is 4. The van der Waals surface area contributed by atoms with Gasteiger partial charge in [0.15, 0.2) is 0 Å². The molecule has 0 spiro atoms. The Morgan fingerprint density at radius 2 is 1.38 bits per heavy atom. The monoisotopic (exact) mass is 563 g/mol. The summed E-state index contributed by atoms with van der Waals surface area (Å²) >= 11 is 0. The summed E-state index contributed by atoms with van der Waals surface area (Å²) in [5.74, 6) is -0.752. The molecule has 0 fully saturated rings. The molecule has 0 saturated heterocycles. The molecule has 2 atom stereocenters. The van der Waals surface area contributed by atoms with Crippen LogP contribution in [0, 0.1) is 27.7 Å². The van der Waals surface area contributed by atoms with E-state index in [0.29, 0.717) is 5.69 Å². The number of sulfonamides is 1. The molecule has 7 nitrogen and oxygen atoms in total. The Morgan fingerprint density at radius 1 is 0.825 bits per heavy atom. The maximum Gasteiger partial charge on any atom is 0.264 e. The Kier molecular flexibility index (Phi) is 10.1. The Morgan fingerprint density at radius 3 is 1.93 bits per heavy atom. The highest BCUT2D eigenvalue weighted by Crippen LogP contribution is 2.28. The number of carbonyl (C=O) groups is 2. The molecule has 2 amide bonds. The third-order valence-electron chi connectivity index (χ3n) is 7.15. The van der Waals surface area contributed by atoms with E-state index in [2.05, 4.69) is 5.32 Å². The van der Waals surface area contributed by atoms with E-state index >= 15 is 0 Å². The molecular formula is C32H41N3O4S.